The van der Waals surface area contributed by atoms with Gasteiger partial charge in [-0.05, 0) is 37.0 Å². The predicted molar refractivity (Wildman–Crippen MR) is 83.9 cm³/mol. The minimum absolute atomic E-state index is 0.224. The summed E-state index contributed by atoms with van der Waals surface area (Å²) in [6.45, 7) is 7.19. The summed E-state index contributed by atoms with van der Waals surface area (Å²) >= 11 is 0. The lowest BCUT2D eigenvalue weighted by atomic mass is 10.1. The molecular weight excluding hydrogens is 265 g/mol. The maximum absolute atomic E-state index is 13.3. The molecule has 1 heterocycles. The van der Waals surface area contributed by atoms with Crippen LogP contribution in [0.3, 0.4) is 0 Å². The van der Waals surface area contributed by atoms with Crippen LogP contribution < -0.4 is 5.32 Å². The Hall–Kier alpha value is -1.97. The van der Waals surface area contributed by atoms with Crippen molar-refractivity contribution in [1.29, 1.82) is 0 Å². The predicted octanol–water partition coefficient (Wildman–Crippen LogP) is 3.84. The molecule has 0 amide bonds. The Kier molecular flexibility index (Phi) is 5.26. The van der Waals surface area contributed by atoms with E-state index in [1.807, 2.05) is 19.1 Å². The van der Waals surface area contributed by atoms with Gasteiger partial charge in [0.05, 0.1) is 0 Å². The molecule has 1 aromatic heterocycles. The van der Waals surface area contributed by atoms with Crippen LogP contribution in [0.25, 0.3) is 0 Å². The highest BCUT2D eigenvalue weighted by Crippen LogP contribution is 2.14. The third kappa shape index (κ3) is 4.81. The minimum Gasteiger partial charge on any atom is -0.370 e. The molecule has 112 valence electrons. The fourth-order valence-electron chi connectivity index (χ4n) is 2.26. The fourth-order valence-corrected chi connectivity index (χ4v) is 2.26. The van der Waals surface area contributed by atoms with Crippen LogP contribution in [-0.4, -0.2) is 16.5 Å². The first kappa shape index (κ1) is 15.4. The number of hydrogen-bond donors (Lipinski definition) is 1. The summed E-state index contributed by atoms with van der Waals surface area (Å²) in [4.78, 5) is 9.12. The molecule has 0 aliphatic rings. The van der Waals surface area contributed by atoms with E-state index in [-0.39, 0.29) is 5.82 Å². The van der Waals surface area contributed by atoms with Gasteiger partial charge in [0.1, 0.15) is 17.5 Å². The zero-order chi connectivity index (χ0) is 15.2. The van der Waals surface area contributed by atoms with E-state index < -0.39 is 0 Å². The Morgan fingerprint density at radius 2 is 2.00 bits per heavy atom. The van der Waals surface area contributed by atoms with Crippen molar-refractivity contribution in [2.45, 2.75) is 33.6 Å². The van der Waals surface area contributed by atoms with E-state index in [0.29, 0.717) is 12.3 Å². The zero-order valence-electron chi connectivity index (χ0n) is 12.9. The highest BCUT2D eigenvalue weighted by Gasteiger charge is 2.07. The highest BCUT2D eigenvalue weighted by atomic mass is 19.1. The number of nitrogens with zero attached hydrogens (tertiary/aromatic N) is 2. The molecule has 0 spiro atoms. The molecule has 0 bridgehead atoms. The third-order valence-corrected chi connectivity index (χ3v) is 3.05. The summed E-state index contributed by atoms with van der Waals surface area (Å²) in [5.41, 5.74) is 1.92. The molecule has 0 fully saturated rings. The van der Waals surface area contributed by atoms with Crippen LogP contribution in [-0.2, 0) is 12.8 Å². The monoisotopic (exact) mass is 287 g/mol. The van der Waals surface area contributed by atoms with E-state index in [2.05, 4.69) is 29.1 Å². The average molecular weight is 287 g/mol. The molecule has 21 heavy (non-hydrogen) atoms. The van der Waals surface area contributed by atoms with Gasteiger partial charge in [0, 0.05) is 24.7 Å². The molecule has 0 aliphatic heterocycles. The van der Waals surface area contributed by atoms with E-state index in [1.165, 1.54) is 12.1 Å². The van der Waals surface area contributed by atoms with Gasteiger partial charge in [-0.1, -0.05) is 26.0 Å². The van der Waals surface area contributed by atoms with Gasteiger partial charge in [0.25, 0.3) is 0 Å². The molecule has 1 N–H and O–H groups in total. The van der Waals surface area contributed by atoms with Gasteiger partial charge in [-0.15, -0.1) is 0 Å². The molecule has 0 unspecified atom stereocenters. The standard InChI is InChI=1S/C17H22FN3/c1-4-19-16-11-15(8-12(2)3)20-17(21-16)10-13-6-5-7-14(18)9-13/h5-7,9,11-12H,4,8,10H2,1-3H3,(H,19,20,21). The van der Waals surface area contributed by atoms with Crippen LogP contribution in [0.5, 0.6) is 0 Å². The Labute approximate surface area is 125 Å². The number of hydrogen-bond acceptors (Lipinski definition) is 3. The average Bonchev–Trinajstić information content (AvgIpc) is 2.37. The normalized spacial score (nSPS) is 10.9. The first-order chi connectivity index (χ1) is 10.1. The maximum Gasteiger partial charge on any atom is 0.135 e. The molecule has 0 saturated carbocycles. The van der Waals surface area contributed by atoms with Gasteiger partial charge in [-0.25, -0.2) is 14.4 Å². The summed E-state index contributed by atoms with van der Waals surface area (Å²) in [5.74, 6) is 1.89. The Bertz CT molecular complexity index is 596. The quantitative estimate of drug-likeness (QED) is 0.877. The van der Waals surface area contributed by atoms with Crippen molar-refractivity contribution in [3.05, 3.63) is 53.2 Å². The van der Waals surface area contributed by atoms with E-state index in [1.54, 1.807) is 6.07 Å². The van der Waals surface area contributed by atoms with Crippen molar-refractivity contribution in [2.24, 2.45) is 5.92 Å². The minimum atomic E-state index is -0.224. The van der Waals surface area contributed by atoms with Crippen molar-refractivity contribution in [2.75, 3.05) is 11.9 Å². The second-order valence-corrected chi connectivity index (χ2v) is 5.60. The van der Waals surface area contributed by atoms with E-state index in [4.69, 9.17) is 0 Å². The molecule has 0 aliphatic carbocycles. The molecular formula is C17H22FN3. The first-order valence-corrected chi connectivity index (χ1v) is 7.42. The van der Waals surface area contributed by atoms with Gasteiger partial charge < -0.3 is 5.32 Å². The number of benzene rings is 1. The Morgan fingerprint density at radius 3 is 2.67 bits per heavy atom. The molecule has 0 radical (unpaired) electrons. The van der Waals surface area contributed by atoms with Crippen LogP contribution >= 0.6 is 0 Å². The van der Waals surface area contributed by atoms with Crippen molar-refractivity contribution in [1.82, 2.24) is 9.97 Å². The molecule has 2 rings (SSSR count). The first-order valence-electron chi connectivity index (χ1n) is 7.42. The smallest absolute Gasteiger partial charge is 0.135 e. The second kappa shape index (κ2) is 7.16. The second-order valence-electron chi connectivity index (χ2n) is 5.60. The summed E-state index contributed by atoms with van der Waals surface area (Å²) in [6, 6.07) is 8.59. The van der Waals surface area contributed by atoms with Crippen molar-refractivity contribution >= 4 is 5.82 Å². The van der Waals surface area contributed by atoms with E-state index in [0.717, 1.165) is 35.9 Å². The Balaban J connectivity index is 2.26. The van der Waals surface area contributed by atoms with Crippen LogP contribution in [0.15, 0.2) is 30.3 Å². The lowest BCUT2D eigenvalue weighted by Crippen LogP contribution is -2.08. The van der Waals surface area contributed by atoms with Gasteiger partial charge in [0.15, 0.2) is 0 Å². The number of anilines is 1. The summed E-state index contributed by atoms with van der Waals surface area (Å²) in [5, 5.41) is 3.23. The number of halogens is 1. The van der Waals surface area contributed by atoms with Gasteiger partial charge in [-0.2, -0.15) is 0 Å². The van der Waals surface area contributed by atoms with Crippen LogP contribution in [0.2, 0.25) is 0 Å². The van der Waals surface area contributed by atoms with E-state index in [9.17, 15) is 4.39 Å². The fraction of sp³-hybridized carbons (Fsp3) is 0.412. The van der Waals surface area contributed by atoms with Crippen LogP contribution in [0.1, 0.15) is 37.9 Å². The van der Waals surface area contributed by atoms with Crippen LogP contribution in [0, 0.1) is 11.7 Å². The van der Waals surface area contributed by atoms with Gasteiger partial charge in [-0.3, -0.25) is 0 Å². The van der Waals surface area contributed by atoms with Crippen LogP contribution in [0.4, 0.5) is 10.2 Å². The molecule has 4 heteroatoms. The molecule has 2 aromatic rings. The lowest BCUT2D eigenvalue weighted by Gasteiger charge is -2.10. The van der Waals surface area contributed by atoms with Gasteiger partial charge >= 0.3 is 0 Å². The van der Waals surface area contributed by atoms with Crippen molar-refractivity contribution < 1.29 is 4.39 Å². The summed E-state index contributed by atoms with van der Waals surface area (Å²) < 4.78 is 13.3. The highest BCUT2D eigenvalue weighted by molar-refractivity contribution is 5.37. The van der Waals surface area contributed by atoms with Gasteiger partial charge in [0.2, 0.25) is 0 Å². The topological polar surface area (TPSA) is 37.8 Å². The summed E-state index contributed by atoms with van der Waals surface area (Å²) in [6.07, 6.45) is 1.46. The van der Waals surface area contributed by atoms with Crippen molar-refractivity contribution in [3.8, 4) is 0 Å². The van der Waals surface area contributed by atoms with Crippen molar-refractivity contribution in [3.63, 3.8) is 0 Å². The van der Waals surface area contributed by atoms with E-state index >= 15 is 0 Å². The maximum atomic E-state index is 13.3. The third-order valence-electron chi connectivity index (χ3n) is 3.05. The Morgan fingerprint density at radius 1 is 1.19 bits per heavy atom. The molecule has 3 nitrogen and oxygen atoms in total. The largest absolute Gasteiger partial charge is 0.370 e. The molecule has 0 atom stereocenters. The lowest BCUT2D eigenvalue weighted by molar-refractivity contribution is 0.625. The summed E-state index contributed by atoms with van der Waals surface area (Å²) in [7, 11) is 0. The number of aromatic nitrogens is 2. The zero-order valence-corrected chi connectivity index (χ0v) is 12.9. The molecule has 1 aromatic carbocycles. The molecule has 0 saturated heterocycles. The number of rotatable bonds is 6. The SMILES string of the molecule is CCNc1cc(CC(C)C)nc(Cc2cccc(F)c2)n1. The number of nitrogens with one attached hydrogen (secondary N) is 1.